The number of rotatable bonds is 8. The zero-order chi connectivity index (χ0) is 19.2. The smallest absolute Gasteiger partial charge is 0.225 e. The molecule has 1 amide bonds. The summed E-state index contributed by atoms with van der Waals surface area (Å²) >= 11 is 0. The number of hydrogen-bond acceptors (Lipinski definition) is 2. The quantitative estimate of drug-likeness (QED) is 0.752. The van der Waals surface area contributed by atoms with E-state index in [1.54, 1.807) is 7.05 Å². The molecule has 0 aliphatic heterocycles. The van der Waals surface area contributed by atoms with Gasteiger partial charge in [-0.1, -0.05) is 74.5 Å². The summed E-state index contributed by atoms with van der Waals surface area (Å²) in [5.41, 5.74) is 5.39. The lowest BCUT2D eigenvalue weighted by Crippen LogP contribution is -2.36. The van der Waals surface area contributed by atoms with Crippen LogP contribution in [0.1, 0.15) is 36.1 Å². The van der Waals surface area contributed by atoms with Gasteiger partial charge in [-0.15, -0.1) is 0 Å². The van der Waals surface area contributed by atoms with Gasteiger partial charge < -0.3 is 10.6 Å². The molecule has 0 aromatic heterocycles. The minimum Gasteiger partial charge on any atom is -0.385 e. The van der Waals surface area contributed by atoms with Crippen LogP contribution in [-0.2, 0) is 17.6 Å². The topological polar surface area (TPSA) is 41.1 Å². The zero-order valence-corrected chi connectivity index (χ0v) is 16.4. The van der Waals surface area contributed by atoms with Crippen molar-refractivity contribution in [1.29, 1.82) is 0 Å². The van der Waals surface area contributed by atoms with Crippen molar-refractivity contribution in [3.05, 3.63) is 77.4 Å². The third kappa shape index (κ3) is 5.48. The van der Waals surface area contributed by atoms with E-state index in [0.29, 0.717) is 0 Å². The van der Waals surface area contributed by atoms with E-state index in [0.717, 1.165) is 30.6 Å². The molecule has 3 heteroatoms. The molecule has 0 spiro atoms. The summed E-state index contributed by atoms with van der Waals surface area (Å²) < 4.78 is 0. The van der Waals surface area contributed by atoms with Crippen LogP contribution in [0.3, 0.4) is 0 Å². The number of aryl methyl sites for hydroxylation is 1. The van der Waals surface area contributed by atoms with Crippen molar-refractivity contribution in [3.8, 4) is 0 Å². The van der Waals surface area contributed by atoms with E-state index in [1.807, 2.05) is 13.8 Å². The van der Waals surface area contributed by atoms with E-state index in [9.17, 15) is 4.79 Å². The molecule has 0 fully saturated rings. The molecule has 0 saturated carbocycles. The maximum atomic E-state index is 11.9. The van der Waals surface area contributed by atoms with Crippen molar-refractivity contribution in [1.82, 2.24) is 10.6 Å². The molecule has 0 aliphatic carbocycles. The van der Waals surface area contributed by atoms with Crippen molar-refractivity contribution in [2.75, 3.05) is 13.6 Å². The number of benzene rings is 2. The van der Waals surface area contributed by atoms with Gasteiger partial charge >= 0.3 is 0 Å². The first-order chi connectivity index (χ1) is 12.3. The summed E-state index contributed by atoms with van der Waals surface area (Å²) in [6.07, 6.45) is 1.67. The largest absolute Gasteiger partial charge is 0.385 e. The van der Waals surface area contributed by atoms with E-state index >= 15 is 0 Å². The monoisotopic (exact) mass is 350 g/mol. The van der Waals surface area contributed by atoms with Gasteiger partial charge in [-0.2, -0.15) is 0 Å². The predicted octanol–water partition coefficient (Wildman–Crippen LogP) is 4.11. The van der Waals surface area contributed by atoms with Gasteiger partial charge in [-0.05, 0) is 36.5 Å². The molecular weight excluding hydrogens is 320 g/mol. The molecule has 0 radical (unpaired) electrons. The van der Waals surface area contributed by atoms with E-state index in [4.69, 9.17) is 0 Å². The molecule has 26 heavy (non-hydrogen) atoms. The second-order valence-electron chi connectivity index (χ2n) is 7.48. The Balaban J connectivity index is 1.84. The second-order valence-corrected chi connectivity index (χ2v) is 7.48. The van der Waals surface area contributed by atoms with E-state index in [2.05, 4.69) is 72.7 Å². The van der Waals surface area contributed by atoms with Crippen molar-refractivity contribution in [3.63, 3.8) is 0 Å². The lowest BCUT2D eigenvalue weighted by molar-refractivity contribution is -0.128. The molecule has 138 valence electrons. The molecule has 0 bridgehead atoms. The van der Waals surface area contributed by atoms with Crippen LogP contribution in [0.4, 0.5) is 0 Å². The van der Waals surface area contributed by atoms with Crippen LogP contribution >= 0.6 is 0 Å². The van der Waals surface area contributed by atoms with Gasteiger partial charge in [0.1, 0.15) is 0 Å². The normalized spacial score (nSPS) is 11.1. The van der Waals surface area contributed by atoms with Gasteiger partial charge in [0, 0.05) is 24.7 Å². The molecule has 0 saturated heterocycles. The van der Waals surface area contributed by atoms with E-state index in [1.165, 1.54) is 16.7 Å². The molecule has 2 aromatic rings. The molecule has 0 unspecified atom stereocenters. The number of carbonyl (C=O) groups excluding carboxylic acids is 1. The average molecular weight is 351 g/mol. The van der Waals surface area contributed by atoms with Gasteiger partial charge in [-0.25, -0.2) is 0 Å². The van der Waals surface area contributed by atoms with Crippen LogP contribution in [-0.4, -0.2) is 19.5 Å². The van der Waals surface area contributed by atoms with E-state index in [-0.39, 0.29) is 5.91 Å². The summed E-state index contributed by atoms with van der Waals surface area (Å²) in [6, 6.07) is 16.9. The summed E-state index contributed by atoms with van der Waals surface area (Å²) in [7, 11) is 1.69. The summed E-state index contributed by atoms with van der Waals surface area (Å²) in [4.78, 5) is 11.9. The number of hydrogen-bond donors (Lipinski definition) is 2. The van der Waals surface area contributed by atoms with Gasteiger partial charge in [0.2, 0.25) is 5.91 Å². The third-order valence-electron chi connectivity index (χ3n) is 4.66. The Morgan fingerprint density at radius 1 is 1.00 bits per heavy atom. The Morgan fingerprint density at radius 3 is 2.15 bits per heavy atom. The lowest BCUT2D eigenvalue weighted by Gasteiger charge is -2.22. The van der Waals surface area contributed by atoms with E-state index < -0.39 is 5.41 Å². The molecule has 3 nitrogen and oxygen atoms in total. The molecule has 0 aliphatic rings. The first-order valence-electron chi connectivity index (χ1n) is 9.11. The molecule has 2 N–H and O–H groups in total. The Kier molecular flexibility index (Phi) is 6.62. The Hall–Kier alpha value is -2.55. The van der Waals surface area contributed by atoms with Crippen molar-refractivity contribution in [2.24, 2.45) is 5.41 Å². The standard InChI is InChI=1S/C23H30N2O/c1-17-6-12-21(13-7-17)18(2)25-15-14-19-8-10-20(11-9-19)16-23(3,4)22(26)24-5/h6-13,25H,2,14-16H2,1,3-5H3,(H,24,26). The lowest BCUT2D eigenvalue weighted by atomic mass is 9.84. The molecular formula is C23H30N2O. The van der Waals surface area contributed by atoms with Crippen molar-refractivity contribution >= 4 is 11.6 Å². The Labute approximate surface area is 157 Å². The number of amides is 1. The molecule has 2 aromatic carbocycles. The zero-order valence-electron chi connectivity index (χ0n) is 16.4. The molecule has 0 atom stereocenters. The molecule has 2 rings (SSSR count). The van der Waals surface area contributed by atoms with Crippen LogP contribution in [0.2, 0.25) is 0 Å². The SMILES string of the molecule is C=C(NCCc1ccc(CC(C)(C)C(=O)NC)cc1)c1ccc(C)cc1. The van der Waals surface area contributed by atoms with Crippen molar-refractivity contribution < 1.29 is 4.79 Å². The maximum absolute atomic E-state index is 11.9. The average Bonchev–Trinajstić information content (AvgIpc) is 2.62. The first-order valence-corrected chi connectivity index (χ1v) is 9.11. The van der Waals surface area contributed by atoms with Crippen molar-refractivity contribution in [2.45, 2.75) is 33.6 Å². The predicted molar refractivity (Wildman–Crippen MR) is 110 cm³/mol. The van der Waals surface area contributed by atoms with Gasteiger partial charge in [0.25, 0.3) is 0 Å². The highest BCUT2D eigenvalue weighted by atomic mass is 16.2. The third-order valence-corrected chi connectivity index (χ3v) is 4.66. The Morgan fingerprint density at radius 2 is 1.58 bits per heavy atom. The van der Waals surface area contributed by atoms with Gasteiger partial charge in [0.05, 0.1) is 0 Å². The van der Waals surface area contributed by atoms with Crippen LogP contribution in [0.15, 0.2) is 55.1 Å². The van der Waals surface area contributed by atoms with Gasteiger partial charge in [-0.3, -0.25) is 4.79 Å². The second kappa shape index (κ2) is 8.70. The number of carbonyl (C=O) groups is 1. The Bertz CT molecular complexity index is 743. The van der Waals surface area contributed by atoms with Crippen LogP contribution < -0.4 is 10.6 Å². The fourth-order valence-corrected chi connectivity index (χ4v) is 2.97. The minimum atomic E-state index is -0.399. The van der Waals surface area contributed by atoms with Crippen LogP contribution in [0.25, 0.3) is 5.70 Å². The maximum Gasteiger partial charge on any atom is 0.225 e. The van der Waals surface area contributed by atoms with Gasteiger partial charge in [0.15, 0.2) is 0 Å². The summed E-state index contributed by atoms with van der Waals surface area (Å²) in [5, 5.41) is 6.13. The molecule has 0 heterocycles. The number of nitrogens with one attached hydrogen (secondary N) is 2. The highest BCUT2D eigenvalue weighted by molar-refractivity contribution is 5.81. The highest BCUT2D eigenvalue weighted by Crippen LogP contribution is 2.22. The summed E-state index contributed by atoms with van der Waals surface area (Å²) in [5.74, 6) is 0.0698. The fourth-order valence-electron chi connectivity index (χ4n) is 2.97. The highest BCUT2D eigenvalue weighted by Gasteiger charge is 2.26. The first kappa shape index (κ1) is 19.8. The van der Waals surface area contributed by atoms with Crippen LogP contribution in [0, 0.1) is 12.3 Å². The fraction of sp³-hybridized carbons (Fsp3) is 0.348. The van der Waals surface area contributed by atoms with Crippen LogP contribution in [0.5, 0.6) is 0 Å². The minimum absolute atomic E-state index is 0.0698. The summed E-state index contributed by atoms with van der Waals surface area (Å²) in [6.45, 7) is 11.0.